The normalized spacial score (nSPS) is 14.1. The standard InChI is InChI=1S/C20H20N4O3S/c25-18(13-21-19(26)14-4-2-1-3-5-14)22-15-6-7-16-17(12-15)28-20(23-16)24-8-10-27-11-9-24/h1-7,12H,8-11,13H2,(H,21,26)(H,22,25). The number of hydrogen-bond acceptors (Lipinski definition) is 6. The van der Waals surface area contributed by atoms with Crippen molar-refractivity contribution in [1.82, 2.24) is 10.3 Å². The largest absolute Gasteiger partial charge is 0.378 e. The fraction of sp³-hybridized carbons (Fsp3) is 0.250. The lowest BCUT2D eigenvalue weighted by atomic mass is 10.2. The van der Waals surface area contributed by atoms with Crippen LogP contribution in [0.2, 0.25) is 0 Å². The van der Waals surface area contributed by atoms with E-state index in [1.165, 1.54) is 0 Å². The van der Waals surface area contributed by atoms with Gasteiger partial charge in [-0.2, -0.15) is 0 Å². The molecular formula is C20H20N4O3S. The zero-order chi connectivity index (χ0) is 19.3. The fourth-order valence-electron chi connectivity index (χ4n) is 2.94. The maximum atomic E-state index is 12.2. The molecule has 7 nitrogen and oxygen atoms in total. The Labute approximate surface area is 166 Å². The van der Waals surface area contributed by atoms with Gasteiger partial charge in [0.1, 0.15) is 0 Å². The Bertz CT molecular complexity index is 984. The Hall–Kier alpha value is -2.97. The number of aromatic nitrogens is 1. The van der Waals surface area contributed by atoms with Gasteiger partial charge < -0.3 is 20.3 Å². The number of anilines is 2. The quantitative estimate of drug-likeness (QED) is 0.692. The maximum absolute atomic E-state index is 12.2. The smallest absolute Gasteiger partial charge is 0.251 e. The van der Waals surface area contributed by atoms with Crippen LogP contribution in [0.1, 0.15) is 10.4 Å². The first-order chi connectivity index (χ1) is 13.7. The number of thiazole rings is 1. The van der Waals surface area contributed by atoms with Crippen molar-refractivity contribution in [3.8, 4) is 0 Å². The van der Waals surface area contributed by atoms with E-state index in [0.29, 0.717) is 24.5 Å². The van der Waals surface area contributed by atoms with Gasteiger partial charge in [0.2, 0.25) is 5.91 Å². The SMILES string of the molecule is O=C(CNC(=O)c1ccccc1)Nc1ccc2nc(N3CCOCC3)sc2c1. The number of morpholine rings is 1. The fourth-order valence-corrected chi connectivity index (χ4v) is 3.99. The van der Waals surface area contributed by atoms with Crippen LogP contribution in [0.3, 0.4) is 0 Å². The first-order valence-corrected chi connectivity index (χ1v) is 9.87. The number of ether oxygens (including phenoxy) is 1. The molecule has 8 heteroatoms. The molecule has 0 unspecified atom stereocenters. The molecular weight excluding hydrogens is 376 g/mol. The lowest BCUT2D eigenvalue weighted by molar-refractivity contribution is -0.115. The molecule has 0 saturated carbocycles. The summed E-state index contributed by atoms with van der Waals surface area (Å²) < 4.78 is 6.39. The van der Waals surface area contributed by atoms with Crippen molar-refractivity contribution >= 4 is 44.2 Å². The third-order valence-electron chi connectivity index (χ3n) is 4.39. The highest BCUT2D eigenvalue weighted by molar-refractivity contribution is 7.22. The second kappa shape index (κ2) is 8.37. The highest BCUT2D eigenvalue weighted by Gasteiger charge is 2.16. The lowest BCUT2D eigenvalue weighted by Gasteiger charge is -2.25. The summed E-state index contributed by atoms with van der Waals surface area (Å²) in [5, 5.41) is 6.41. The van der Waals surface area contributed by atoms with E-state index in [9.17, 15) is 9.59 Å². The van der Waals surface area contributed by atoms with Crippen LogP contribution in [0, 0.1) is 0 Å². The minimum Gasteiger partial charge on any atom is -0.378 e. The summed E-state index contributed by atoms with van der Waals surface area (Å²) in [6.07, 6.45) is 0. The average Bonchev–Trinajstić information content (AvgIpc) is 3.17. The average molecular weight is 396 g/mol. The van der Waals surface area contributed by atoms with Crippen LogP contribution in [0.4, 0.5) is 10.8 Å². The number of carbonyl (C=O) groups excluding carboxylic acids is 2. The summed E-state index contributed by atoms with van der Waals surface area (Å²) in [7, 11) is 0. The van der Waals surface area contributed by atoms with Crippen molar-refractivity contribution in [2.24, 2.45) is 0 Å². The molecule has 28 heavy (non-hydrogen) atoms. The number of carbonyl (C=O) groups is 2. The first-order valence-electron chi connectivity index (χ1n) is 9.05. The van der Waals surface area contributed by atoms with Crippen LogP contribution in [0.15, 0.2) is 48.5 Å². The van der Waals surface area contributed by atoms with Gasteiger partial charge in [-0.3, -0.25) is 9.59 Å². The molecule has 0 radical (unpaired) electrons. The monoisotopic (exact) mass is 396 g/mol. The second-order valence-corrected chi connectivity index (χ2v) is 7.38. The molecule has 0 spiro atoms. The van der Waals surface area contributed by atoms with Crippen molar-refractivity contribution in [2.75, 3.05) is 43.1 Å². The molecule has 0 aliphatic carbocycles. The van der Waals surface area contributed by atoms with Gasteiger partial charge in [-0.05, 0) is 30.3 Å². The van der Waals surface area contributed by atoms with Gasteiger partial charge in [-0.25, -0.2) is 4.98 Å². The highest BCUT2D eigenvalue weighted by Crippen LogP contribution is 2.31. The van der Waals surface area contributed by atoms with Gasteiger partial charge in [-0.15, -0.1) is 0 Å². The second-order valence-electron chi connectivity index (χ2n) is 6.38. The van der Waals surface area contributed by atoms with Crippen molar-refractivity contribution in [1.29, 1.82) is 0 Å². The molecule has 3 aromatic rings. The Balaban J connectivity index is 1.37. The highest BCUT2D eigenvalue weighted by atomic mass is 32.1. The third kappa shape index (κ3) is 4.29. The molecule has 1 fully saturated rings. The lowest BCUT2D eigenvalue weighted by Crippen LogP contribution is -2.36. The number of fused-ring (bicyclic) bond motifs is 1. The molecule has 1 aromatic heterocycles. The molecule has 0 atom stereocenters. The number of nitrogens with zero attached hydrogens (tertiary/aromatic N) is 2. The Morgan fingerprint density at radius 1 is 1.11 bits per heavy atom. The topological polar surface area (TPSA) is 83.6 Å². The number of benzene rings is 2. The Kier molecular flexibility index (Phi) is 5.50. The molecule has 2 amide bonds. The summed E-state index contributed by atoms with van der Waals surface area (Å²) in [5.41, 5.74) is 2.11. The predicted octanol–water partition coefficient (Wildman–Crippen LogP) is 2.50. The number of nitrogens with one attached hydrogen (secondary N) is 2. The molecule has 4 rings (SSSR count). The van der Waals surface area contributed by atoms with Crippen LogP contribution in [0.25, 0.3) is 10.2 Å². The number of hydrogen-bond donors (Lipinski definition) is 2. The molecule has 144 valence electrons. The van der Waals surface area contributed by atoms with Gasteiger partial charge in [0, 0.05) is 24.3 Å². The van der Waals surface area contributed by atoms with Crippen LogP contribution >= 0.6 is 11.3 Å². The van der Waals surface area contributed by atoms with E-state index in [0.717, 1.165) is 28.4 Å². The Morgan fingerprint density at radius 3 is 2.68 bits per heavy atom. The van der Waals surface area contributed by atoms with E-state index >= 15 is 0 Å². The summed E-state index contributed by atoms with van der Waals surface area (Å²) in [4.78, 5) is 31.1. The van der Waals surface area contributed by atoms with E-state index in [1.807, 2.05) is 24.3 Å². The van der Waals surface area contributed by atoms with Gasteiger partial charge in [-0.1, -0.05) is 29.5 Å². The minimum absolute atomic E-state index is 0.0898. The Morgan fingerprint density at radius 2 is 1.89 bits per heavy atom. The predicted molar refractivity (Wildman–Crippen MR) is 110 cm³/mol. The van der Waals surface area contributed by atoms with E-state index < -0.39 is 0 Å². The summed E-state index contributed by atoms with van der Waals surface area (Å²) in [6, 6.07) is 14.4. The van der Waals surface area contributed by atoms with Gasteiger partial charge in [0.25, 0.3) is 5.91 Å². The van der Waals surface area contributed by atoms with Crippen LogP contribution < -0.4 is 15.5 Å². The summed E-state index contributed by atoms with van der Waals surface area (Å²) in [5.74, 6) is -0.551. The summed E-state index contributed by atoms with van der Waals surface area (Å²) in [6.45, 7) is 3.01. The molecule has 1 aliphatic rings. The van der Waals surface area contributed by atoms with E-state index in [4.69, 9.17) is 4.74 Å². The van der Waals surface area contributed by atoms with Gasteiger partial charge in [0.15, 0.2) is 5.13 Å². The molecule has 2 aromatic carbocycles. The van der Waals surface area contributed by atoms with Gasteiger partial charge in [0.05, 0.1) is 30.0 Å². The van der Waals surface area contributed by atoms with Crippen LogP contribution in [0.5, 0.6) is 0 Å². The molecule has 0 bridgehead atoms. The minimum atomic E-state index is -0.276. The van der Waals surface area contributed by atoms with Crippen molar-refractivity contribution < 1.29 is 14.3 Å². The van der Waals surface area contributed by atoms with Crippen molar-refractivity contribution in [2.45, 2.75) is 0 Å². The van der Waals surface area contributed by atoms with Crippen molar-refractivity contribution in [3.05, 3.63) is 54.1 Å². The van der Waals surface area contributed by atoms with Gasteiger partial charge >= 0.3 is 0 Å². The molecule has 1 saturated heterocycles. The zero-order valence-corrected chi connectivity index (χ0v) is 16.0. The molecule has 2 heterocycles. The van der Waals surface area contributed by atoms with E-state index in [2.05, 4.69) is 20.5 Å². The zero-order valence-electron chi connectivity index (χ0n) is 15.2. The number of amides is 2. The van der Waals surface area contributed by atoms with Crippen LogP contribution in [-0.2, 0) is 9.53 Å². The number of rotatable bonds is 5. The van der Waals surface area contributed by atoms with Crippen molar-refractivity contribution in [3.63, 3.8) is 0 Å². The maximum Gasteiger partial charge on any atom is 0.251 e. The molecule has 2 N–H and O–H groups in total. The van der Waals surface area contributed by atoms with Crippen LogP contribution in [-0.4, -0.2) is 49.6 Å². The molecule has 1 aliphatic heterocycles. The van der Waals surface area contributed by atoms with E-state index in [1.54, 1.807) is 35.6 Å². The first kappa shape index (κ1) is 18.4. The van der Waals surface area contributed by atoms with E-state index in [-0.39, 0.29) is 18.4 Å². The summed E-state index contributed by atoms with van der Waals surface area (Å²) >= 11 is 1.60. The third-order valence-corrected chi connectivity index (χ3v) is 5.47.